The van der Waals surface area contributed by atoms with E-state index in [1.54, 1.807) is 20.5 Å². The number of halogens is 6. The van der Waals surface area contributed by atoms with E-state index in [4.69, 9.17) is 29.3 Å². The van der Waals surface area contributed by atoms with Crippen LogP contribution in [0.4, 0.5) is 32.2 Å². The molecule has 35 heavy (non-hydrogen) atoms. The average molecular weight is 520 g/mol. The van der Waals surface area contributed by atoms with Crippen molar-refractivity contribution in [1.82, 2.24) is 14.9 Å². The molecule has 2 aliphatic heterocycles. The zero-order valence-corrected chi connectivity index (χ0v) is 19.1. The molecule has 3 rings (SSSR count). The SMILES string of the molecule is COCC1CCN(C)C2(C1)CN(c1cc(OC)ncn1)C2.O=C(O)C(F)(F)F.O=C(O)C(F)(F)F. The molecule has 2 saturated heterocycles. The van der Waals surface area contributed by atoms with E-state index in [1.807, 2.05) is 6.07 Å². The van der Waals surface area contributed by atoms with Gasteiger partial charge in [-0.05, 0) is 32.4 Å². The first-order valence-electron chi connectivity index (χ1n) is 9.97. The van der Waals surface area contributed by atoms with Crippen LogP contribution in [0.3, 0.4) is 0 Å². The number of hydrogen-bond donors (Lipinski definition) is 2. The summed E-state index contributed by atoms with van der Waals surface area (Å²) in [5.74, 6) is -3.27. The second-order valence-corrected chi connectivity index (χ2v) is 7.84. The summed E-state index contributed by atoms with van der Waals surface area (Å²) in [5.41, 5.74) is 0.277. The minimum atomic E-state index is -5.08. The Kier molecular flexibility index (Phi) is 10.5. The Balaban J connectivity index is 0.000000362. The van der Waals surface area contributed by atoms with Gasteiger partial charge >= 0.3 is 24.3 Å². The van der Waals surface area contributed by atoms with Crippen LogP contribution >= 0.6 is 0 Å². The summed E-state index contributed by atoms with van der Waals surface area (Å²) in [5, 5.41) is 14.2. The number of carboxylic acid groups (broad SMARTS) is 2. The zero-order valence-electron chi connectivity index (χ0n) is 19.1. The zero-order chi connectivity index (χ0) is 27.0. The Labute approximate surface area is 196 Å². The Hall–Kier alpha value is -2.88. The van der Waals surface area contributed by atoms with Crippen LogP contribution in [0.5, 0.6) is 5.88 Å². The molecule has 0 aromatic carbocycles. The number of nitrogens with zero attached hydrogens (tertiary/aromatic N) is 4. The van der Waals surface area contributed by atoms with Gasteiger partial charge < -0.3 is 24.6 Å². The Bertz CT molecular complexity index is 824. The van der Waals surface area contributed by atoms with Gasteiger partial charge in [0.2, 0.25) is 5.88 Å². The van der Waals surface area contributed by atoms with Crippen LogP contribution in [-0.2, 0) is 14.3 Å². The predicted octanol–water partition coefficient (Wildman–Crippen LogP) is 2.30. The number of carboxylic acids is 2. The van der Waals surface area contributed by atoms with Gasteiger partial charge in [-0.2, -0.15) is 26.3 Å². The van der Waals surface area contributed by atoms with Crippen molar-refractivity contribution in [3.05, 3.63) is 12.4 Å². The van der Waals surface area contributed by atoms with Crippen LogP contribution < -0.4 is 9.64 Å². The predicted molar refractivity (Wildman–Crippen MR) is 108 cm³/mol. The number of alkyl halides is 6. The van der Waals surface area contributed by atoms with E-state index in [0.29, 0.717) is 11.8 Å². The van der Waals surface area contributed by atoms with Crippen molar-refractivity contribution >= 4 is 17.8 Å². The third-order valence-corrected chi connectivity index (χ3v) is 5.37. The quantitative estimate of drug-likeness (QED) is 0.572. The number of aliphatic carboxylic acids is 2. The fourth-order valence-electron chi connectivity index (χ4n) is 3.60. The van der Waals surface area contributed by atoms with Crippen LogP contribution in [0, 0.1) is 5.92 Å². The van der Waals surface area contributed by atoms with Gasteiger partial charge in [-0.3, -0.25) is 4.90 Å². The number of aromatic nitrogens is 2. The summed E-state index contributed by atoms with van der Waals surface area (Å²) in [6.45, 7) is 4.06. The molecule has 2 fully saturated rings. The second-order valence-electron chi connectivity index (χ2n) is 7.84. The number of likely N-dealkylation sites (tertiary alicyclic amines) is 1. The lowest BCUT2D eigenvalue weighted by Crippen LogP contribution is -2.72. The minimum Gasteiger partial charge on any atom is -0.481 e. The van der Waals surface area contributed by atoms with Crippen molar-refractivity contribution in [3.63, 3.8) is 0 Å². The minimum absolute atomic E-state index is 0.277. The van der Waals surface area contributed by atoms with Crippen molar-refractivity contribution in [2.24, 2.45) is 5.92 Å². The summed E-state index contributed by atoms with van der Waals surface area (Å²) < 4.78 is 74.0. The average Bonchev–Trinajstić information content (AvgIpc) is 2.73. The largest absolute Gasteiger partial charge is 0.490 e. The molecule has 3 heterocycles. The highest BCUT2D eigenvalue weighted by Crippen LogP contribution is 2.40. The lowest BCUT2D eigenvalue weighted by Gasteiger charge is -2.59. The Morgan fingerprint density at radius 3 is 2.03 bits per heavy atom. The van der Waals surface area contributed by atoms with Crippen molar-refractivity contribution in [2.45, 2.75) is 30.7 Å². The summed E-state index contributed by atoms with van der Waals surface area (Å²) in [4.78, 5) is 31.0. The number of ether oxygens (including phenoxy) is 2. The molecule has 1 atom stereocenters. The van der Waals surface area contributed by atoms with Gasteiger partial charge in [0, 0.05) is 32.9 Å². The monoisotopic (exact) mass is 520 g/mol. The topological polar surface area (TPSA) is 125 Å². The lowest BCUT2D eigenvalue weighted by atomic mass is 9.75. The third kappa shape index (κ3) is 9.01. The molecular formula is C19H26F6N4O6. The van der Waals surface area contributed by atoms with Crippen LogP contribution in [0.1, 0.15) is 12.8 Å². The highest BCUT2D eigenvalue weighted by Gasteiger charge is 2.49. The molecule has 200 valence electrons. The van der Waals surface area contributed by atoms with E-state index >= 15 is 0 Å². The highest BCUT2D eigenvalue weighted by atomic mass is 19.4. The van der Waals surface area contributed by atoms with Gasteiger partial charge in [0.15, 0.2) is 0 Å². The summed E-state index contributed by atoms with van der Waals surface area (Å²) in [6.07, 6.45) is -6.17. The number of rotatable bonds is 4. The molecule has 0 aliphatic carbocycles. The maximum Gasteiger partial charge on any atom is 0.490 e. The van der Waals surface area contributed by atoms with Crippen molar-refractivity contribution in [3.8, 4) is 5.88 Å². The van der Waals surface area contributed by atoms with Crippen LogP contribution in [0.25, 0.3) is 0 Å². The van der Waals surface area contributed by atoms with E-state index in [1.165, 1.54) is 12.8 Å². The van der Waals surface area contributed by atoms with Gasteiger partial charge in [0.1, 0.15) is 12.1 Å². The number of piperidine rings is 1. The molecule has 0 amide bonds. The van der Waals surface area contributed by atoms with E-state index in [-0.39, 0.29) is 5.54 Å². The highest BCUT2D eigenvalue weighted by molar-refractivity contribution is 5.73. The molecule has 1 aromatic rings. The molecule has 10 nitrogen and oxygen atoms in total. The number of hydrogen-bond acceptors (Lipinski definition) is 8. The van der Waals surface area contributed by atoms with E-state index in [2.05, 4.69) is 26.8 Å². The Morgan fingerprint density at radius 1 is 1.09 bits per heavy atom. The van der Waals surface area contributed by atoms with Crippen molar-refractivity contribution in [1.29, 1.82) is 0 Å². The maximum absolute atomic E-state index is 10.6. The van der Waals surface area contributed by atoms with Gasteiger partial charge in [0.25, 0.3) is 0 Å². The number of likely N-dealkylation sites (N-methyl/N-ethyl adjacent to an activating group) is 1. The molecule has 2 aliphatic rings. The van der Waals surface area contributed by atoms with Gasteiger partial charge in [0.05, 0.1) is 12.6 Å². The standard InChI is InChI=1S/C15H24N4O2.2C2HF3O2/c1-18-5-4-12(8-20-2)7-15(18)9-19(10-15)13-6-14(21-3)17-11-16-13;2*3-2(4,5)1(6)7/h6,11-12H,4-5,7-10H2,1-3H3;2*(H,6,7). The normalized spacial score (nSPS) is 19.5. The first kappa shape index (κ1) is 30.2. The van der Waals surface area contributed by atoms with Crippen LogP contribution in [0.15, 0.2) is 12.4 Å². The van der Waals surface area contributed by atoms with Crippen LogP contribution in [0.2, 0.25) is 0 Å². The molecule has 2 N–H and O–H groups in total. The molecule has 1 unspecified atom stereocenters. The van der Waals surface area contributed by atoms with Crippen molar-refractivity contribution < 1.29 is 55.6 Å². The van der Waals surface area contributed by atoms with Gasteiger partial charge in [-0.25, -0.2) is 19.6 Å². The molecule has 0 saturated carbocycles. The molecule has 0 bridgehead atoms. The van der Waals surface area contributed by atoms with Gasteiger partial charge in [-0.15, -0.1) is 0 Å². The number of methoxy groups -OCH3 is 2. The van der Waals surface area contributed by atoms with E-state index in [9.17, 15) is 26.3 Å². The van der Waals surface area contributed by atoms with E-state index < -0.39 is 24.3 Å². The fourth-order valence-corrected chi connectivity index (χ4v) is 3.60. The lowest BCUT2D eigenvalue weighted by molar-refractivity contribution is -0.193. The summed E-state index contributed by atoms with van der Waals surface area (Å²) >= 11 is 0. The summed E-state index contributed by atoms with van der Waals surface area (Å²) in [7, 11) is 5.67. The fraction of sp³-hybridized carbons (Fsp3) is 0.684. The van der Waals surface area contributed by atoms with Crippen LogP contribution in [-0.4, -0.2) is 102 Å². The third-order valence-electron chi connectivity index (χ3n) is 5.37. The smallest absolute Gasteiger partial charge is 0.481 e. The van der Waals surface area contributed by atoms with Crippen molar-refractivity contribution in [2.75, 3.05) is 52.4 Å². The first-order chi connectivity index (χ1) is 16.1. The summed E-state index contributed by atoms with van der Waals surface area (Å²) in [6, 6.07) is 1.91. The second kappa shape index (κ2) is 12.2. The Morgan fingerprint density at radius 2 is 1.60 bits per heavy atom. The molecule has 0 radical (unpaired) electrons. The number of carbonyl (C=O) groups is 2. The first-order valence-corrected chi connectivity index (χ1v) is 9.97. The van der Waals surface area contributed by atoms with Gasteiger partial charge in [-0.1, -0.05) is 0 Å². The maximum atomic E-state index is 10.6. The molecular weight excluding hydrogens is 494 g/mol. The molecule has 16 heteroatoms. The molecule has 1 aromatic heterocycles. The molecule has 1 spiro atoms. The van der Waals surface area contributed by atoms with E-state index in [0.717, 1.165) is 32.1 Å². The number of anilines is 1.